The Kier molecular flexibility index (Phi) is 4.09. The normalized spacial score (nSPS) is 22.8. The predicted molar refractivity (Wildman–Crippen MR) is 70.2 cm³/mol. The van der Waals surface area contributed by atoms with Gasteiger partial charge in [0.25, 0.3) is 0 Å². The van der Waals surface area contributed by atoms with Gasteiger partial charge in [0.1, 0.15) is 0 Å². The standard InChI is InChI=1S/C13H16ClNO3/c1-8-11(5-6-18-8)15-12-4-3-9(14)7-10(12)13(16)17-2/h3-4,7-8,11,15H,5-6H2,1-2H3. The van der Waals surface area contributed by atoms with E-state index in [0.29, 0.717) is 10.6 Å². The average Bonchev–Trinajstić information content (AvgIpc) is 2.76. The van der Waals surface area contributed by atoms with Crippen molar-refractivity contribution in [1.29, 1.82) is 0 Å². The molecule has 1 fully saturated rings. The molecule has 2 rings (SSSR count). The number of benzene rings is 1. The molecule has 0 aliphatic carbocycles. The van der Waals surface area contributed by atoms with E-state index in [1.165, 1.54) is 7.11 Å². The van der Waals surface area contributed by atoms with Crippen molar-refractivity contribution in [3.05, 3.63) is 28.8 Å². The molecule has 18 heavy (non-hydrogen) atoms. The second-order valence-corrected chi connectivity index (χ2v) is 4.73. The van der Waals surface area contributed by atoms with E-state index in [0.717, 1.165) is 18.7 Å². The van der Waals surface area contributed by atoms with E-state index < -0.39 is 5.97 Å². The Morgan fingerprint density at radius 3 is 2.94 bits per heavy atom. The van der Waals surface area contributed by atoms with Crippen LogP contribution < -0.4 is 5.32 Å². The maximum atomic E-state index is 11.7. The van der Waals surface area contributed by atoms with Crippen LogP contribution in [0.1, 0.15) is 23.7 Å². The minimum atomic E-state index is -0.397. The minimum absolute atomic E-state index is 0.131. The zero-order valence-electron chi connectivity index (χ0n) is 10.4. The van der Waals surface area contributed by atoms with Crippen LogP contribution in [-0.2, 0) is 9.47 Å². The Hall–Kier alpha value is -1.26. The topological polar surface area (TPSA) is 47.6 Å². The average molecular weight is 270 g/mol. The maximum absolute atomic E-state index is 11.7. The number of ether oxygens (including phenoxy) is 2. The van der Waals surface area contributed by atoms with Gasteiger partial charge in [-0.1, -0.05) is 11.6 Å². The third kappa shape index (κ3) is 2.76. The zero-order chi connectivity index (χ0) is 13.1. The van der Waals surface area contributed by atoms with E-state index in [1.807, 2.05) is 6.92 Å². The molecule has 2 atom stereocenters. The molecular weight excluding hydrogens is 254 g/mol. The number of hydrogen-bond acceptors (Lipinski definition) is 4. The first-order valence-corrected chi connectivity index (χ1v) is 6.25. The highest BCUT2D eigenvalue weighted by molar-refractivity contribution is 6.31. The van der Waals surface area contributed by atoms with Gasteiger partial charge in [-0.15, -0.1) is 0 Å². The summed E-state index contributed by atoms with van der Waals surface area (Å²) >= 11 is 5.90. The molecule has 1 aromatic rings. The predicted octanol–water partition coefficient (Wildman–Crippen LogP) is 2.72. The van der Waals surface area contributed by atoms with E-state index in [4.69, 9.17) is 21.1 Å². The van der Waals surface area contributed by atoms with E-state index in [9.17, 15) is 4.79 Å². The molecule has 1 saturated heterocycles. The molecule has 0 saturated carbocycles. The fourth-order valence-electron chi connectivity index (χ4n) is 2.04. The molecule has 1 aliphatic heterocycles. The smallest absolute Gasteiger partial charge is 0.340 e. The lowest BCUT2D eigenvalue weighted by molar-refractivity contribution is 0.0601. The lowest BCUT2D eigenvalue weighted by Gasteiger charge is -2.19. The lowest BCUT2D eigenvalue weighted by Crippen LogP contribution is -2.27. The van der Waals surface area contributed by atoms with E-state index in [2.05, 4.69) is 5.32 Å². The number of nitrogens with one attached hydrogen (secondary N) is 1. The molecule has 0 aromatic heterocycles. The van der Waals surface area contributed by atoms with Crippen LogP contribution in [-0.4, -0.2) is 31.8 Å². The van der Waals surface area contributed by atoms with E-state index in [1.54, 1.807) is 18.2 Å². The van der Waals surface area contributed by atoms with Gasteiger partial charge in [0, 0.05) is 17.3 Å². The van der Waals surface area contributed by atoms with Crippen molar-refractivity contribution in [2.24, 2.45) is 0 Å². The summed E-state index contributed by atoms with van der Waals surface area (Å²) < 4.78 is 10.2. The van der Waals surface area contributed by atoms with Crippen molar-refractivity contribution < 1.29 is 14.3 Å². The largest absolute Gasteiger partial charge is 0.465 e. The van der Waals surface area contributed by atoms with Gasteiger partial charge in [0.05, 0.1) is 24.8 Å². The highest BCUT2D eigenvalue weighted by Gasteiger charge is 2.25. The summed E-state index contributed by atoms with van der Waals surface area (Å²) in [5.74, 6) is -0.397. The number of rotatable bonds is 3. The molecule has 2 unspecified atom stereocenters. The van der Waals surface area contributed by atoms with E-state index >= 15 is 0 Å². The van der Waals surface area contributed by atoms with Crippen LogP contribution >= 0.6 is 11.6 Å². The highest BCUT2D eigenvalue weighted by Crippen LogP contribution is 2.25. The fourth-order valence-corrected chi connectivity index (χ4v) is 2.21. The van der Waals surface area contributed by atoms with Gasteiger partial charge >= 0.3 is 5.97 Å². The molecular formula is C13H16ClNO3. The summed E-state index contributed by atoms with van der Waals surface area (Å²) in [4.78, 5) is 11.7. The molecule has 1 aliphatic rings. The number of halogens is 1. The first-order valence-electron chi connectivity index (χ1n) is 5.88. The number of carbonyl (C=O) groups excluding carboxylic acids is 1. The Bertz CT molecular complexity index is 450. The zero-order valence-corrected chi connectivity index (χ0v) is 11.2. The van der Waals surface area contributed by atoms with Crippen LogP contribution in [0.5, 0.6) is 0 Å². The van der Waals surface area contributed by atoms with Crippen molar-refractivity contribution in [2.45, 2.75) is 25.5 Å². The van der Waals surface area contributed by atoms with Crippen molar-refractivity contribution in [3.8, 4) is 0 Å². The fraction of sp³-hybridized carbons (Fsp3) is 0.462. The number of esters is 1. The van der Waals surface area contributed by atoms with Crippen molar-refractivity contribution in [3.63, 3.8) is 0 Å². The summed E-state index contributed by atoms with van der Waals surface area (Å²) in [7, 11) is 1.36. The van der Waals surface area contributed by atoms with Crippen LogP contribution in [0.3, 0.4) is 0 Å². The minimum Gasteiger partial charge on any atom is -0.465 e. The molecule has 1 N–H and O–H groups in total. The number of methoxy groups -OCH3 is 1. The maximum Gasteiger partial charge on any atom is 0.340 e. The second kappa shape index (κ2) is 5.59. The summed E-state index contributed by atoms with van der Waals surface area (Å²) in [6, 6.07) is 5.35. The lowest BCUT2D eigenvalue weighted by atomic mass is 10.1. The van der Waals surface area contributed by atoms with Gasteiger partial charge < -0.3 is 14.8 Å². The number of carbonyl (C=O) groups is 1. The Morgan fingerprint density at radius 2 is 2.33 bits per heavy atom. The molecule has 5 heteroatoms. The summed E-state index contributed by atoms with van der Waals surface area (Å²) in [5.41, 5.74) is 1.18. The summed E-state index contributed by atoms with van der Waals surface area (Å²) in [6.45, 7) is 2.75. The Morgan fingerprint density at radius 1 is 1.56 bits per heavy atom. The number of anilines is 1. The molecule has 0 radical (unpaired) electrons. The molecule has 0 spiro atoms. The van der Waals surface area contributed by atoms with Gasteiger partial charge in [0.2, 0.25) is 0 Å². The molecule has 1 aromatic carbocycles. The Labute approximate surface area is 111 Å². The van der Waals surface area contributed by atoms with Crippen molar-refractivity contribution in [2.75, 3.05) is 19.0 Å². The highest BCUT2D eigenvalue weighted by atomic mass is 35.5. The quantitative estimate of drug-likeness (QED) is 0.857. The van der Waals surface area contributed by atoms with Gasteiger partial charge in [-0.25, -0.2) is 4.79 Å². The van der Waals surface area contributed by atoms with Crippen LogP contribution in [0.25, 0.3) is 0 Å². The number of hydrogen-bond donors (Lipinski definition) is 1. The van der Waals surface area contributed by atoms with Gasteiger partial charge in [-0.3, -0.25) is 0 Å². The van der Waals surface area contributed by atoms with Crippen LogP contribution in [0, 0.1) is 0 Å². The van der Waals surface area contributed by atoms with Crippen LogP contribution in [0.4, 0.5) is 5.69 Å². The first kappa shape index (κ1) is 13.2. The molecule has 0 bridgehead atoms. The van der Waals surface area contributed by atoms with Crippen LogP contribution in [0.2, 0.25) is 5.02 Å². The van der Waals surface area contributed by atoms with Crippen molar-refractivity contribution in [1.82, 2.24) is 0 Å². The molecule has 4 nitrogen and oxygen atoms in total. The SMILES string of the molecule is COC(=O)c1cc(Cl)ccc1NC1CCOC1C. The monoisotopic (exact) mass is 269 g/mol. The second-order valence-electron chi connectivity index (χ2n) is 4.30. The van der Waals surface area contributed by atoms with Crippen LogP contribution in [0.15, 0.2) is 18.2 Å². The molecule has 0 amide bonds. The van der Waals surface area contributed by atoms with Gasteiger partial charge in [-0.05, 0) is 31.5 Å². The van der Waals surface area contributed by atoms with Gasteiger partial charge in [0.15, 0.2) is 0 Å². The Balaban J connectivity index is 2.23. The third-order valence-corrected chi connectivity index (χ3v) is 3.34. The van der Waals surface area contributed by atoms with Gasteiger partial charge in [-0.2, -0.15) is 0 Å². The van der Waals surface area contributed by atoms with E-state index in [-0.39, 0.29) is 12.1 Å². The van der Waals surface area contributed by atoms with Crippen molar-refractivity contribution >= 4 is 23.3 Å². The molecule has 98 valence electrons. The third-order valence-electron chi connectivity index (χ3n) is 3.10. The molecule has 1 heterocycles. The first-order chi connectivity index (χ1) is 8.61. The summed E-state index contributed by atoms with van der Waals surface area (Å²) in [6.07, 6.45) is 1.05. The summed E-state index contributed by atoms with van der Waals surface area (Å²) in [5, 5.41) is 3.83.